The zero-order valence-electron chi connectivity index (χ0n) is 11.7. The molecule has 0 aromatic heterocycles. The Morgan fingerprint density at radius 3 is 2.42 bits per heavy atom. The summed E-state index contributed by atoms with van der Waals surface area (Å²) >= 11 is 0. The van der Waals surface area contributed by atoms with Crippen LogP contribution in [0.2, 0.25) is 0 Å². The van der Waals surface area contributed by atoms with Crippen molar-refractivity contribution in [2.45, 2.75) is 6.42 Å². The zero-order chi connectivity index (χ0) is 13.1. The summed E-state index contributed by atoms with van der Waals surface area (Å²) in [6.07, 6.45) is 1.16. The van der Waals surface area contributed by atoms with Crippen LogP contribution in [0.3, 0.4) is 0 Å². The highest BCUT2D eigenvalue weighted by Crippen LogP contribution is 2.16. The van der Waals surface area contributed by atoms with E-state index in [0.717, 1.165) is 6.42 Å². The molecule has 0 saturated carbocycles. The van der Waals surface area contributed by atoms with Gasteiger partial charge in [0, 0.05) is 32.7 Å². The van der Waals surface area contributed by atoms with E-state index >= 15 is 0 Å². The molecule has 1 heterocycles. The summed E-state index contributed by atoms with van der Waals surface area (Å²) in [7, 11) is 2.21. The lowest BCUT2D eigenvalue weighted by molar-refractivity contribution is 0.155. The number of fused-ring (bicyclic) bond motifs is 1. The molecule has 0 spiro atoms. The van der Waals surface area contributed by atoms with Crippen LogP contribution < -0.4 is 0 Å². The SMILES string of the molecule is CN1CCN(CCc2ccc3ccccc3c2)CC1. The standard InChI is InChI=1S/C17H22N2/c1-18-10-12-19(13-11-18)9-8-15-6-7-16-4-2-3-5-17(16)14-15/h2-7,14H,8-13H2,1H3. The molecule has 0 unspecified atom stereocenters. The first-order valence-electron chi connectivity index (χ1n) is 7.20. The molecule has 1 aliphatic heterocycles. The quantitative estimate of drug-likeness (QED) is 0.831. The number of hydrogen-bond acceptors (Lipinski definition) is 2. The number of rotatable bonds is 3. The van der Waals surface area contributed by atoms with Crippen molar-refractivity contribution in [3.05, 3.63) is 48.0 Å². The van der Waals surface area contributed by atoms with Crippen LogP contribution >= 0.6 is 0 Å². The zero-order valence-corrected chi connectivity index (χ0v) is 11.7. The summed E-state index contributed by atoms with van der Waals surface area (Å²) in [5.74, 6) is 0. The molecule has 0 N–H and O–H groups in total. The van der Waals surface area contributed by atoms with Crippen LogP contribution in [0.5, 0.6) is 0 Å². The van der Waals surface area contributed by atoms with Crippen molar-refractivity contribution in [2.24, 2.45) is 0 Å². The van der Waals surface area contributed by atoms with Gasteiger partial charge in [0.05, 0.1) is 0 Å². The van der Waals surface area contributed by atoms with Gasteiger partial charge >= 0.3 is 0 Å². The molecule has 0 radical (unpaired) electrons. The van der Waals surface area contributed by atoms with E-state index in [1.165, 1.54) is 49.1 Å². The molecule has 100 valence electrons. The summed E-state index contributed by atoms with van der Waals surface area (Å²) in [5, 5.41) is 2.70. The summed E-state index contributed by atoms with van der Waals surface area (Å²) in [5.41, 5.74) is 1.46. The topological polar surface area (TPSA) is 6.48 Å². The van der Waals surface area contributed by atoms with Crippen LogP contribution in [0.4, 0.5) is 0 Å². The van der Waals surface area contributed by atoms with Crippen LogP contribution in [0.1, 0.15) is 5.56 Å². The smallest absolute Gasteiger partial charge is 0.0110 e. The highest BCUT2D eigenvalue weighted by Gasteiger charge is 2.13. The van der Waals surface area contributed by atoms with Crippen molar-refractivity contribution >= 4 is 10.8 Å². The van der Waals surface area contributed by atoms with Crippen molar-refractivity contribution in [3.63, 3.8) is 0 Å². The average molecular weight is 254 g/mol. The van der Waals surface area contributed by atoms with Gasteiger partial charge in [-0.25, -0.2) is 0 Å². The summed E-state index contributed by atoms with van der Waals surface area (Å²) < 4.78 is 0. The van der Waals surface area contributed by atoms with E-state index in [0.29, 0.717) is 0 Å². The second kappa shape index (κ2) is 5.72. The number of piperazine rings is 1. The van der Waals surface area contributed by atoms with Crippen LogP contribution in [0, 0.1) is 0 Å². The minimum atomic E-state index is 1.16. The average Bonchev–Trinajstić information content (AvgIpc) is 2.46. The second-order valence-corrected chi connectivity index (χ2v) is 5.58. The first-order chi connectivity index (χ1) is 9.31. The summed E-state index contributed by atoms with van der Waals surface area (Å²) in [4.78, 5) is 4.99. The maximum atomic E-state index is 2.58. The third-order valence-electron chi connectivity index (χ3n) is 4.13. The first kappa shape index (κ1) is 12.6. The Morgan fingerprint density at radius 1 is 0.895 bits per heavy atom. The predicted octanol–water partition coefficient (Wildman–Crippen LogP) is 2.63. The Bertz CT molecular complexity index is 542. The molecular formula is C17H22N2. The number of nitrogens with zero attached hydrogens (tertiary/aromatic N) is 2. The maximum Gasteiger partial charge on any atom is 0.0110 e. The fraction of sp³-hybridized carbons (Fsp3) is 0.412. The third-order valence-corrected chi connectivity index (χ3v) is 4.13. The lowest BCUT2D eigenvalue weighted by Crippen LogP contribution is -2.45. The molecule has 19 heavy (non-hydrogen) atoms. The van der Waals surface area contributed by atoms with Gasteiger partial charge in [0.25, 0.3) is 0 Å². The van der Waals surface area contributed by atoms with Gasteiger partial charge in [-0.05, 0) is 29.8 Å². The van der Waals surface area contributed by atoms with E-state index in [4.69, 9.17) is 0 Å². The second-order valence-electron chi connectivity index (χ2n) is 5.58. The fourth-order valence-corrected chi connectivity index (χ4v) is 2.75. The van der Waals surface area contributed by atoms with E-state index in [1.54, 1.807) is 0 Å². The largest absolute Gasteiger partial charge is 0.304 e. The van der Waals surface area contributed by atoms with Crippen molar-refractivity contribution in [3.8, 4) is 0 Å². The van der Waals surface area contributed by atoms with E-state index in [9.17, 15) is 0 Å². The Balaban J connectivity index is 1.62. The van der Waals surface area contributed by atoms with E-state index < -0.39 is 0 Å². The van der Waals surface area contributed by atoms with Gasteiger partial charge < -0.3 is 9.80 Å². The molecule has 3 rings (SSSR count). The monoisotopic (exact) mass is 254 g/mol. The van der Waals surface area contributed by atoms with Crippen molar-refractivity contribution in [1.29, 1.82) is 0 Å². The molecule has 2 heteroatoms. The number of hydrogen-bond donors (Lipinski definition) is 0. The molecule has 1 fully saturated rings. The van der Waals surface area contributed by atoms with Gasteiger partial charge in [0.2, 0.25) is 0 Å². The maximum absolute atomic E-state index is 2.58. The van der Waals surface area contributed by atoms with E-state index in [-0.39, 0.29) is 0 Å². The van der Waals surface area contributed by atoms with Crippen LogP contribution in [0.15, 0.2) is 42.5 Å². The van der Waals surface area contributed by atoms with Gasteiger partial charge in [0.1, 0.15) is 0 Å². The number of benzene rings is 2. The molecule has 2 nitrogen and oxygen atoms in total. The van der Waals surface area contributed by atoms with Crippen molar-refractivity contribution in [2.75, 3.05) is 39.8 Å². The van der Waals surface area contributed by atoms with Crippen molar-refractivity contribution in [1.82, 2.24) is 9.80 Å². The third kappa shape index (κ3) is 3.14. The minimum absolute atomic E-state index is 1.16. The lowest BCUT2D eigenvalue weighted by atomic mass is 10.0. The van der Waals surface area contributed by atoms with Gasteiger partial charge in [0.15, 0.2) is 0 Å². The number of likely N-dealkylation sites (N-methyl/N-ethyl adjacent to an activating group) is 1. The normalized spacial score (nSPS) is 17.9. The van der Waals surface area contributed by atoms with Gasteiger partial charge in [-0.15, -0.1) is 0 Å². The van der Waals surface area contributed by atoms with Crippen LogP contribution in [-0.2, 0) is 6.42 Å². The molecule has 1 saturated heterocycles. The molecule has 2 aromatic carbocycles. The molecular weight excluding hydrogens is 232 g/mol. The lowest BCUT2D eigenvalue weighted by Gasteiger charge is -2.32. The Labute approximate surface area is 115 Å². The Hall–Kier alpha value is -1.38. The van der Waals surface area contributed by atoms with Gasteiger partial charge in [-0.3, -0.25) is 0 Å². The van der Waals surface area contributed by atoms with E-state index in [1.807, 2.05) is 0 Å². The van der Waals surface area contributed by atoms with Crippen molar-refractivity contribution < 1.29 is 0 Å². The minimum Gasteiger partial charge on any atom is -0.304 e. The molecule has 0 bridgehead atoms. The van der Waals surface area contributed by atoms with Gasteiger partial charge in [-0.1, -0.05) is 42.5 Å². The Morgan fingerprint density at radius 2 is 1.63 bits per heavy atom. The van der Waals surface area contributed by atoms with Crippen LogP contribution in [-0.4, -0.2) is 49.6 Å². The summed E-state index contributed by atoms with van der Waals surface area (Å²) in [6, 6.07) is 15.5. The predicted molar refractivity (Wildman–Crippen MR) is 81.6 cm³/mol. The van der Waals surface area contributed by atoms with Crippen LogP contribution in [0.25, 0.3) is 10.8 Å². The fourth-order valence-electron chi connectivity index (χ4n) is 2.75. The Kier molecular flexibility index (Phi) is 3.81. The highest BCUT2D eigenvalue weighted by atomic mass is 15.2. The summed E-state index contributed by atoms with van der Waals surface area (Å²) in [6.45, 7) is 6.02. The molecule has 0 aliphatic carbocycles. The molecule has 0 amide bonds. The molecule has 1 aliphatic rings. The van der Waals surface area contributed by atoms with Gasteiger partial charge in [-0.2, -0.15) is 0 Å². The first-order valence-corrected chi connectivity index (χ1v) is 7.20. The molecule has 2 aromatic rings. The molecule has 0 atom stereocenters. The highest BCUT2D eigenvalue weighted by molar-refractivity contribution is 5.82. The van der Waals surface area contributed by atoms with E-state index in [2.05, 4.69) is 59.3 Å².